The second kappa shape index (κ2) is 5.21. The van der Waals surface area contributed by atoms with Crippen LogP contribution in [0.5, 0.6) is 0 Å². The third-order valence-corrected chi connectivity index (χ3v) is 4.50. The highest BCUT2D eigenvalue weighted by molar-refractivity contribution is 7.80. The van der Waals surface area contributed by atoms with E-state index in [4.69, 9.17) is 18.0 Å². The van der Waals surface area contributed by atoms with E-state index in [1.165, 1.54) is 45.3 Å². The van der Waals surface area contributed by atoms with E-state index in [0.717, 1.165) is 12.5 Å². The largest absolute Gasteiger partial charge is 0.393 e. The van der Waals surface area contributed by atoms with E-state index in [-0.39, 0.29) is 0 Å². The maximum absolute atomic E-state index is 5.69. The minimum Gasteiger partial charge on any atom is -0.393 e. The van der Waals surface area contributed by atoms with E-state index >= 15 is 0 Å². The molecule has 0 atom stereocenters. The number of nitrogens with two attached hydrogens (primary N) is 1. The Kier molecular flexibility index (Phi) is 4.06. The first-order valence-corrected chi connectivity index (χ1v) is 7.09. The molecular formula is C13H25N3S. The molecule has 2 N–H and O–H groups in total. The first kappa shape index (κ1) is 13.2. The van der Waals surface area contributed by atoms with Gasteiger partial charge in [-0.05, 0) is 58.3 Å². The summed E-state index contributed by atoms with van der Waals surface area (Å²) in [7, 11) is 4.38. The van der Waals surface area contributed by atoms with Gasteiger partial charge in [0.1, 0.15) is 0 Å². The van der Waals surface area contributed by atoms with Crippen molar-refractivity contribution in [2.24, 2.45) is 11.1 Å². The highest BCUT2D eigenvalue weighted by Crippen LogP contribution is 2.49. The molecule has 4 heteroatoms. The molecule has 2 rings (SSSR count). The van der Waals surface area contributed by atoms with Crippen LogP contribution in [0.25, 0.3) is 0 Å². The first-order valence-electron chi connectivity index (χ1n) is 6.68. The third kappa shape index (κ3) is 3.63. The Morgan fingerprint density at radius 3 is 2.35 bits per heavy atom. The van der Waals surface area contributed by atoms with Gasteiger partial charge in [-0.3, -0.25) is 0 Å². The maximum atomic E-state index is 5.69. The lowest BCUT2D eigenvalue weighted by Gasteiger charge is -2.37. The number of thiocarbonyl (C=S) groups is 1. The van der Waals surface area contributed by atoms with Crippen LogP contribution in [0, 0.1) is 5.41 Å². The Labute approximate surface area is 110 Å². The standard InChI is InChI=1S/C13H25N3S/c1-15(2)11-3-7-16(8-4-11)10-13(5-6-13)9-12(14)17/h11H,3-10H2,1-2H3,(H2,14,17). The van der Waals surface area contributed by atoms with Crippen molar-refractivity contribution in [1.29, 1.82) is 0 Å². The fourth-order valence-electron chi connectivity index (χ4n) is 3.01. The lowest BCUT2D eigenvalue weighted by molar-refractivity contribution is 0.126. The van der Waals surface area contributed by atoms with Crippen molar-refractivity contribution < 1.29 is 0 Å². The monoisotopic (exact) mass is 255 g/mol. The molecule has 0 aromatic heterocycles. The molecular weight excluding hydrogens is 230 g/mol. The van der Waals surface area contributed by atoms with E-state index in [1.54, 1.807) is 0 Å². The molecule has 1 saturated carbocycles. The van der Waals surface area contributed by atoms with Gasteiger partial charge in [-0.2, -0.15) is 0 Å². The smallest absolute Gasteiger partial charge is 0.0733 e. The molecule has 3 nitrogen and oxygen atoms in total. The fourth-order valence-corrected chi connectivity index (χ4v) is 3.31. The van der Waals surface area contributed by atoms with Crippen molar-refractivity contribution in [2.45, 2.75) is 38.1 Å². The molecule has 0 unspecified atom stereocenters. The van der Waals surface area contributed by atoms with E-state index in [0.29, 0.717) is 10.4 Å². The first-order chi connectivity index (χ1) is 8.01. The Hall–Kier alpha value is -0.190. The van der Waals surface area contributed by atoms with Gasteiger partial charge in [0.05, 0.1) is 4.99 Å². The van der Waals surface area contributed by atoms with Gasteiger partial charge in [-0.15, -0.1) is 0 Å². The van der Waals surface area contributed by atoms with E-state index in [2.05, 4.69) is 23.9 Å². The summed E-state index contributed by atoms with van der Waals surface area (Å²) < 4.78 is 0. The molecule has 2 fully saturated rings. The van der Waals surface area contributed by atoms with Gasteiger partial charge in [-0.1, -0.05) is 12.2 Å². The predicted molar refractivity (Wildman–Crippen MR) is 76.2 cm³/mol. The minimum atomic E-state index is 0.455. The van der Waals surface area contributed by atoms with Crippen LogP contribution in [0.2, 0.25) is 0 Å². The minimum absolute atomic E-state index is 0.455. The predicted octanol–water partition coefficient (Wildman–Crippen LogP) is 1.47. The molecule has 0 radical (unpaired) electrons. The summed E-state index contributed by atoms with van der Waals surface area (Å²) in [6.07, 6.45) is 6.19. The molecule has 98 valence electrons. The average molecular weight is 255 g/mol. The second-order valence-electron chi connectivity index (χ2n) is 6.11. The fraction of sp³-hybridized carbons (Fsp3) is 0.923. The van der Waals surface area contributed by atoms with Crippen molar-refractivity contribution >= 4 is 17.2 Å². The van der Waals surface area contributed by atoms with Crippen molar-refractivity contribution in [3.05, 3.63) is 0 Å². The Bertz CT molecular complexity index is 278. The van der Waals surface area contributed by atoms with Crippen molar-refractivity contribution in [3.8, 4) is 0 Å². The highest BCUT2D eigenvalue weighted by atomic mass is 32.1. The quantitative estimate of drug-likeness (QED) is 0.754. The van der Waals surface area contributed by atoms with Gasteiger partial charge < -0.3 is 15.5 Å². The number of piperidine rings is 1. The normalized spacial score (nSPS) is 25.1. The van der Waals surface area contributed by atoms with Gasteiger partial charge in [0.2, 0.25) is 0 Å². The molecule has 0 amide bonds. The van der Waals surface area contributed by atoms with E-state index in [1.807, 2.05) is 0 Å². The van der Waals surface area contributed by atoms with Gasteiger partial charge in [0.25, 0.3) is 0 Å². The molecule has 2 aliphatic rings. The van der Waals surface area contributed by atoms with Gasteiger partial charge >= 0.3 is 0 Å². The summed E-state index contributed by atoms with van der Waals surface area (Å²) in [6, 6.07) is 0.775. The van der Waals surface area contributed by atoms with Crippen molar-refractivity contribution in [1.82, 2.24) is 9.80 Å². The number of rotatable bonds is 5. The zero-order valence-electron chi connectivity index (χ0n) is 11.1. The Morgan fingerprint density at radius 2 is 1.94 bits per heavy atom. The lowest BCUT2D eigenvalue weighted by atomic mass is 9.98. The summed E-state index contributed by atoms with van der Waals surface area (Å²) in [6.45, 7) is 3.69. The van der Waals surface area contributed by atoms with Crippen molar-refractivity contribution in [2.75, 3.05) is 33.7 Å². The van der Waals surface area contributed by atoms with Gasteiger partial charge in [0.15, 0.2) is 0 Å². The number of nitrogens with zero attached hydrogens (tertiary/aromatic N) is 2. The van der Waals surface area contributed by atoms with Crippen LogP contribution in [0.3, 0.4) is 0 Å². The molecule has 1 saturated heterocycles. The Balaban J connectivity index is 1.76. The van der Waals surface area contributed by atoms with Crippen LogP contribution in [0.4, 0.5) is 0 Å². The van der Waals surface area contributed by atoms with Crippen LogP contribution < -0.4 is 5.73 Å². The van der Waals surface area contributed by atoms with Gasteiger partial charge in [0, 0.05) is 19.0 Å². The van der Waals surface area contributed by atoms with Crippen LogP contribution >= 0.6 is 12.2 Å². The summed E-state index contributed by atoms with van der Waals surface area (Å²) in [5.74, 6) is 0. The molecule has 1 aliphatic heterocycles. The number of hydrogen-bond acceptors (Lipinski definition) is 3. The van der Waals surface area contributed by atoms with E-state index in [9.17, 15) is 0 Å². The molecule has 17 heavy (non-hydrogen) atoms. The number of hydrogen-bond donors (Lipinski definition) is 1. The molecule has 0 aromatic carbocycles. The average Bonchev–Trinajstić information content (AvgIpc) is 2.97. The summed E-state index contributed by atoms with van der Waals surface area (Å²) >= 11 is 5.06. The Morgan fingerprint density at radius 1 is 1.35 bits per heavy atom. The third-order valence-electron chi connectivity index (χ3n) is 4.35. The zero-order chi connectivity index (χ0) is 12.5. The topological polar surface area (TPSA) is 32.5 Å². The van der Waals surface area contributed by atoms with Gasteiger partial charge in [-0.25, -0.2) is 0 Å². The zero-order valence-corrected chi connectivity index (χ0v) is 11.9. The SMILES string of the molecule is CN(C)C1CCN(CC2(CC(N)=S)CC2)CC1. The van der Waals surface area contributed by atoms with Crippen molar-refractivity contribution in [3.63, 3.8) is 0 Å². The molecule has 0 spiro atoms. The van der Waals surface area contributed by atoms with Crippen LogP contribution in [-0.4, -0.2) is 54.6 Å². The molecule has 1 aliphatic carbocycles. The maximum Gasteiger partial charge on any atom is 0.0733 e. The molecule has 0 bridgehead atoms. The second-order valence-corrected chi connectivity index (χ2v) is 6.64. The summed E-state index contributed by atoms with van der Waals surface area (Å²) in [5.41, 5.74) is 6.15. The van der Waals surface area contributed by atoms with E-state index < -0.39 is 0 Å². The highest BCUT2D eigenvalue weighted by Gasteiger charge is 2.44. The lowest BCUT2D eigenvalue weighted by Crippen LogP contribution is -2.44. The molecule has 1 heterocycles. The van der Waals surface area contributed by atoms with Crippen LogP contribution in [0.1, 0.15) is 32.1 Å². The van der Waals surface area contributed by atoms with Crippen LogP contribution in [-0.2, 0) is 0 Å². The molecule has 0 aromatic rings. The number of likely N-dealkylation sites (tertiary alicyclic amines) is 1. The summed E-state index contributed by atoms with van der Waals surface area (Å²) in [4.78, 5) is 5.68. The summed E-state index contributed by atoms with van der Waals surface area (Å²) in [5, 5.41) is 0. The van der Waals surface area contributed by atoms with Crippen LogP contribution in [0.15, 0.2) is 0 Å².